The molecule has 4 aliphatic carbocycles. The quantitative estimate of drug-likeness (QED) is 0.277. The Hall–Kier alpha value is -4.32. The molecule has 284 valence electrons. The van der Waals surface area contributed by atoms with Gasteiger partial charge in [0.05, 0.1) is 6.54 Å². The fourth-order valence-corrected chi connectivity index (χ4v) is 10.4. The second kappa shape index (κ2) is 15.2. The standard InChI is InChI=1S/C37H50N6O2.C4H4O4/c1-36-13-11-27(44)23-26(36)7-8-28-29-9-10-31(37(29,2)14-12-30(28)36)32(45)25-40-19-21-42(22-20-40)34-24-33(41-15-3-4-16-41)38-35(39-34)43-17-5-6-18-43;5-3(6)1-2-4(7)8/h11-13,23-24,28-29,31H,3-10,14-22,25H2,1-2H3;1-2H,(H,5,6)(H,7,8)/b;2-1-/t28?,29?,31-,36+,37+;/m1./s1. The summed E-state index contributed by atoms with van der Waals surface area (Å²) < 4.78 is 0. The summed E-state index contributed by atoms with van der Waals surface area (Å²) in [5, 5.41) is 15.6. The van der Waals surface area contributed by atoms with E-state index in [1.807, 2.05) is 6.08 Å². The predicted molar refractivity (Wildman–Crippen MR) is 203 cm³/mol. The average molecular weight is 727 g/mol. The summed E-state index contributed by atoms with van der Waals surface area (Å²) in [4.78, 5) is 64.9. The summed E-state index contributed by atoms with van der Waals surface area (Å²) >= 11 is 0. The van der Waals surface area contributed by atoms with Gasteiger partial charge in [0.1, 0.15) is 17.4 Å². The molecule has 0 amide bonds. The van der Waals surface area contributed by atoms with Gasteiger partial charge in [-0.15, -0.1) is 0 Å². The molecule has 5 fully saturated rings. The van der Waals surface area contributed by atoms with Crippen molar-refractivity contribution in [3.63, 3.8) is 0 Å². The first-order valence-corrected chi connectivity index (χ1v) is 19.6. The van der Waals surface area contributed by atoms with Crippen LogP contribution < -0.4 is 14.7 Å². The van der Waals surface area contributed by atoms with Gasteiger partial charge in [0, 0.05) is 81.9 Å². The first-order valence-electron chi connectivity index (χ1n) is 19.6. The van der Waals surface area contributed by atoms with Crippen molar-refractivity contribution >= 4 is 41.1 Å². The maximum absolute atomic E-state index is 14.0. The number of ketones is 2. The van der Waals surface area contributed by atoms with E-state index in [4.69, 9.17) is 20.2 Å². The van der Waals surface area contributed by atoms with Crippen molar-refractivity contribution in [3.05, 3.63) is 53.7 Å². The Bertz CT molecular complexity index is 1680. The number of aliphatic carboxylic acids is 2. The van der Waals surface area contributed by atoms with Gasteiger partial charge in [-0.25, -0.2) is 9.59 Å². The van der Waals surface area contributed by atoms with E-state index in [0.29, 0.717) is 36.3 Å². The molecule has 8 rings (SSSR count). The highest BCUT2D eigenvalue weighted by Crippen LogP contribution is 2.64. The van der Waals surface area contributed by atoms with E-state index in [2.05, 4.69) is 51.7 Å². The summed E-state index contributed by atoms with van der Waals surface area (Å²) in [7, 11) is 0. The fourth-order valence-electron chi connectivity index (χ4n) is 10.4. The van der Waals surface area contributed by atoms with Gasteiger partial charge in [0.15, 0.2) is 5.78 Å². The number of carbonyl (C=O) groups is 4. The van der Waals surface area contributed by atoms with Gasteiger partial charge in [-0.2, -0.15) is 9.97 Å². The third kappa shape index (κ3) is 7.57. The lowest BCUT2D eigenvalue weighted by molar-refractivity contribution is -0.134. The van der Waals surface area contributed by atoms with Crippen LogP contribution in [0.3, 0.4) is 0 Å². The number of hydrogen-bond acceptors (Lipinski definition) is 10. The maximum atomic E-state index is 14.0. The minimum atomic E-state index is -1.26. The molecule has 1 aromatic rings. The normalized spacial score (nSPS) is 31.0. The van der Waals surface area contributed by atoms with Crippen molar-refractivity contribution in [2.45, 2.75) is 71.6 Å². The second-order valence-electron chi connectivity index (χ2n) is 16.4. The number of piperazine rings is 1. The minimum absolute atomic E-state index is 0.0394. The van der Waals surface area contributed by atoms with Gasteiger partial charge < -0.3 is 24.9 Å². The molecule has 0 bridgehead atoms. The number of fused-ring (bicyclic) bond motifs is 5. The van der Waals surface area contributed by atoms with Crippen molar-refractivity contribution in [1.82, 2.24) is 14.9 Å². The summed E-state index contributed by atoms with van der Waals surface area (Å²) in [5.74, 6) is 2.31. The van der Waals surface area contributed by atoms with Gasteiger partial charge in [0.25, 0.3) is 0 Å². The molecule has 3 saturated heterocycles. The Morgan fingerprint density at radius 3 is 2.06 bits per heavy atom. The van der Waals surface area contributed by atoms with Crippen LogP contribution in [0.2, 0.25) is 0 Å². The number of nitrogens with zero attached hydrogens (tertiary/aromatic N) is 6. The third-order valence-corrected chi connectivity index (χ3v) is 13.3. The molecular weight excluding hydrogens is 672 g/mol. The number of anilines is 3. The Balaban J connectivity index is 0.000000491. The van der Waals surface area contributed by atoms with E-state index in [0.717, 1.165) is 102 Å². The molecule has 0 spiro atoms. The zero-order chi connectivity index (χ0) is 37.3. The zero-order valence-electron chi connectivity index (χ0n) is 31.2. The zero-order valence-corrected chi connectivity index (χ0v) is 31.2. The number of allylic oxidation sites excluding steroid dienone is 6. The van der Waals surface area contributed by atoms with E-state index >= 15 is 0 Å². The number of carboxylic acids is 2. The van der Waals surface area contributed by atoms with Crippen molar-refractivity contribution in [2.75, 3.05) is 73.6 Å². The Morgan fingerprint density at radius 2 is 1.43 bits per heavy atom. The number of hydrogen-bond donors (Lipinski definition) is 2. The molecule has 0 radical (unpaired) electrons. The highest BCUT2D eigenvalue weighted by atomic mass is 16.4. The smallest absolute Gasteiger partial charge is 0.328 e. The lowest BCUT2D eigenvalue weighted by Gasteiger charge is -2.52. The van der Waals surface area contributed by atoms with Gasteiger partial charge in [-0.05, 0) is 94.1 Å². The average Bonchev–Trinajstić information content (AvgIpc) is 3.94. The monoisotopic (exact) mass is 726 g/mol. The molecule has 4 heterocycles. The molecular formula is C41H54N6O6. The first-order chi connectivity index (χ1) is 25.4. The Morgan fingerprint density at radius 1 is 0.830 bits per heavy atom. The van der Waals surface area contributed by atoms with Crippen molar-refractivity contribution in [1.29, 1.82) is 0 Å². The molecule has 2 unspecified atom stereocenters. The molecule has 53 heavy (non-hydrogen) atoms. The van der Waals surface area contributed by atoms with E-state index in [-0.39, 0.29) is 22.5 Å². The molecule has 12 heteroatoms. The van der Waals surface area contributed by atoms with Gasteiger partial charge in [-0.3, -0.25) is 14.5 Å². The molecule has 3 aliphatic heterocycles. The summed E-state index contributed by atoms with van der Waals surface area (Å²) in [6, 6.07) is 2.21. The van der Waals surface area contributed by atoms with Crippen LogP contribution in [-0.2, 0) is 19.2 Å². The van der Waals surface area contributed by atoms with Crippen LogP contribution in [0.25, 0.3) is 0 Å². The van der Waals surface area contributed by atoms with Gasteiger partial charge >= 0.3 is 11.9 Å². The minimum Gasteiger partial charge on any atom is -0.478 e. The van der Waals surface area contributed by atoms with Gasteiger partial charge in [-0.1, -0.05) is 30.2 Å². The number of rotatable bonds is 8. The van der Waals surface area contributed by atoms with Crippen LogP contribution >= 0.6 is 0 Å². The van der Waals surface area contributed by atoms with Crippen LogP contribution in [0.4, 0.5) is 17.6 Å². The molecule has 2 N–H and O–H groups in total. The summed E-state index contributed by atoms with van der Waals surface area (Å²) in [5.41, 5.74) is 2.72. The van der Waals surface area contributed by atoms with E-state index in [1.54, 1.807) is 6.08 Å². The predicted octanol–water partition coefficient (Wildman–Crippen LogP) is 4.92. The SMILES string of the molecule is C[C@]12C=CC(=O)C=C1CCC1C2=CC[C@@]2(C)C1CC[C@@H]2C(=O)CN1CCN(c2cc(N3CCCC3)nc(N3CCCC3)n2)CC1.O=C(O)/C=C\C(=O)O. The van der Waals surface area contributed by atoms with Crippen LogP contribution in [0.5, 0.6) is 0 Å². The van der Waals surface area contributed by atoms with E-state index in [9.17, 15) is 19.2 Å². The molecule has 0 aromatic carbocycles. The molecule has 12 nitrogen and oxygen atoms in total. The third-order valence-electron chi connectivity index (χ3n) is 13.3. The van der Waals surface area contributed by atoms with Crippen molar-refractivity contribution in [2.24, 2.45) is 28.6 Å². The van der Waals surface area contributed by atoms with Crippen LogP contribution in [0, 0.1) is 28.6 Å². The number of carboxylic acid groups (broad SMARTS) is 2. The molecule has 1 aromatic heterocycles. The highest BCUT2D eigenvalue weighted by Gasteiger charge is 2.57. The van der Waals surface area contributed by atoms with Crippen molar-refractivity contribution in [3.8, 4) is 0 Å². The second-order valence-corrected chi connectivity index (χ2v) is 16.4. The summed E-state index contributed by atoms with van der Waals surface area (Å²) in [6.07, 6.45) is 19.6. The largest absolute Gasteiger partial charge is 0.478 e. The highest BCUT2D eigenvalue weighted by molar-refractivity contribution is 6.01. The van der Waals surface area contributed by atoms with Gasteiger partial charge in [0.2, 0.25) is 5.95 Å². The molecule has 2 saturated carbocycles. The lowest BCUT2D eigenvalue weighted by atomic mass is 9.52. The Kier molecular flexibility index (Phi) is 10.6. The van der Waals surface area contributed by atoms with Crippen LogP contribution in [0.1, 0.15) is 71.6 Å². The maximum Gasteiger partial charge on any atom is 0.328 e. The number of carbonyl (C=O) groups excluding carboxylic acids is 2. The fraction of sp³-hybridized carbons (Fsp3) is 0.610. The first kappa shape index (κ1) is 37.0. The van der Waals surface area contributed by atoms with E-state index < -0.39 is 11.9 Å². The molecule has 7 aliphatic rings. The molecule has 5 atom stereocenters. The van der Waals surface area contributed by atoms with Crippen LogP contribution in [0.15, 0.2) is 53.7 Å². The Labute approximate surface area is 312 Å². The van der Waals surface area contributed by atoms with Crippen LogP contribution in [-0.4, -0.2) is 107 Å². The summed E-state index contributed by atoms with van der Waals surface area (Å²) in [6.45, 7) is 13.1. The van der Waals surface area contributed by atoms with Crippen molar-refractivity contribution < 1.29 is 29.4 Å². The topological polar surface area (TPSA) is 147 Å². The number of Topliss-reactive ketones (excluding diaryl/α,β-unsaturated/α-hetero) is 1. The van der Waals surface area contributed by atoms with E-state index in [1.165, 1.54) is 36.8 Å². The lowest BCUT2D eigenvalue weighted by Crippen LogP contribution is -2.50. The number of aromatic nitrogens is 2.